The highest BCUT2D eigenvalue weighted by Gasteiger charge is 2.04. The van der Waals surface area contributed by atoms with Crippen molar-refractivity contribution in [2.45, 2.75) is 13.3 Å². The van der Waals surface area contributed by atoms with Gasteiger partial charge in [0, 0.05) is 18.2 Å². The van der Waals surface area contributed by atoms with E-state index < -0.39 is 0 Å². The highest BCUT2D eigenvalue weighted by molar-refractivity contribution is 5.97. The maximum Gasteiger partial charge on any atom is 0.170 e. The van der Waals surface area contributed by atoms with Gasteiger partial charge in [-0.2, -0.15) is 0 Å². The molecular weight excluding hydrogens is 192 g/mol. The second kappa shape index (κ2) is 3.61. The minimum absolute atomic E-state index is 0.108. The van der Waals surface area contributed by atoms with Gasteiger partial charge >= 0.3 is 0 Å². The molecule has 0 aliphatic heterocycles. The molecule has 0 aromatic carbocycles. The molecule has 0 bridgehead atoms. The Bertz CT molecular complexity index is 515. The number of nitrogens with zero attached hydrogens (tertiary/aromatic N) is 3. The monoisotopic (exact) mass is 204 g/mol. The van der Waals surface area contributed by atoms with Crippen LogP contribution >= 0.6 is 0 Å². The van der Waals surface area contributed by atoms with Crippen LogP contribution in [0.25, 0.3) is 5.52 Å². The number of fused-ring (bicyclic) bond motifs is 1. The number of pyridine rings is 1. The van der Waals surface area contributed by atoms with Crippen LogP contribution in [0.1, 0.15) is 18.3 Å². The molecule has 2 rings (SSSR count). The normalized spacial score (nSPS) is 12.2. The van der Waals surface area contributed by atoms with Crippen molar-refractivity contribution >= 4 is 11.4 Å². The number of aromatic nitrogens is 2. The number of imidazole rings is 1. The number of aryl methyl sites for hydroxylation is 1. The highest BCUT2D eigenvalue weighted by atomic mass is 16.4. The second-order valence-corrected chi connectivity index (χ2v) is 3.22. The zero-order valence-corrected chi connectivity index (χ0v) is 8.38. The lowest BCUT2D eigenvalue weighted by atomic mass is 10.2. The fraction of sp³-hybridized carbons (Fsp3) is 0.200. The summed E-state index contributed by atoms with van der Waals surface area (Å²) in [5.74, 6) is 1.10. The molecule has 2 aromatic rings. The Kier molecular flexibility index (Phi) is 2.29. The molecule has 0 spiro atoms. The largest absolute Gasteiger partial charge is 0.409 e. The van der Waals surface area contributed by atoms with Crippen LogP contribution in [0.3, 0.4) is 0 Å². The zero-order valence-electron chi connectivity index (χ0n) is 8.38. The van der Waals surface area contributed by atoms with Crippen molar-refractivity contribution in [3.8, 4) is 0 Å². The summed E-state index contributed by atoms with van der Waals surface area (Å²) in [5.41, 5.74) is 7.12. The van der Waals surface area contributed by atoms with Crippen LogP contribution < -0.4 is 5.73 Å². The van der Waals surface area contributed by atoms with Gasteiger partial charge in [-0.3, -0.25) is 0 Å². The topological polar surface area (TPSA) is 75.9 Å². The Balaban J connectivity index is 2.58. The van der Waals surface area contributed by atoms with Gasteiger partial charge in [-0.1, -0.05) is 12.1 Å². The van der Waals surface area contributed by atoms with E-state index in [0.29, 0.717) is 5.56 Å². The van der Waals surface area contributed by atoms with Gasteiger partial charge in [-0.05, 0) is 12.1 Å². The molecule has 78 valence electrons. The lowest BCUT2D eigenvalue weighted by molar-refractivity contribution is 0.318. The molecular formula is C10H12N4O. The van der Waals surface area contributed by atoms with E-state index in [1.165, 1.54) is 0 Å². The number of rotatable bonds is 2. The summed E-state index contributed by atoms with van der Waals surface area (Å²) >= 11 is 0. The van der Waals surface area contributed by atoms with Gasteiger partial charge in [-0.15, -0.1) is 0 Å². The van der Waals surface area contributed by atoms with Crippen LogP contribution in [0.4, 0.5) is 0 Å². The van der Waals surface area contributed by atoms with Crippen molar-refractivity contribution in [1.82, 2.24) is 9.38 Å². The van der Waals surface area contributed by atoms with E-state index in [1.807, 2.05) is 23.6 Å². The van der Waals surface area contributed by atoms with Gasteiger partial charge in [0.1, 0.15) is 5.82 Å². The van der Waals surface area contributed by atoms with Gasteiger partial charge in [-0.25, -0.2) is 4.98 Å². The number of oxime groups is 1. The van der Waals surface area contributed by atoms with E-state index in [2.05, 4.69) is 10.1 Å². The molecule has 0 fully saturated rings. The standard InChI is InChI=1S/C10H12N4O/c1-2-9-12-6-8-5-7(10(11)13-15)3-4-14(8)9/h3-6,15H,2H2,1H3,(H2,11,13). The summed E-state index contributed by atoms with van der Waals surface area (Å²) in [6, 6.07) is 3.63. The molecule has 15 heavy (non-hydrogen) atoms. The number of hydrogen-bond donors (Lipinski definition) is 2. The van der Waals surface area contributed by atoms with E-state index in [4.69, 9.17) is 10.9 Å². The molecule has 0 saturated carbocycles. The second-order valence-electron chi connectivity index (χ2n) is 3.22. The summed E-state index contributed by atoms with van der Waals surface area (Å²) in [4.78, 5) is 4.26. The number of nitrogens with two attached hydrogens (primary N) is 1. The molecule has 0 saturated heterocycles. The number of amidine groups is 1. The summed E-state index contributed by atoms with van der Waals surface area (Å²) in [6.45, 7) is 2.05. The molecule has 0 aliphatic carbocycles. The third-order valence-corrected chi connectivity index (χ3v) is 2.33. The predicted octanol–water partition coefficient (Wildman–Crippen LogP) is 0.991. The minimum Gasteiger partial charge on any atom is -0.409 e. The predicted molar refractivity (Wildman–Crippen MR) is 57.1 cm³/mol. The smallest absolute Gasteiger partial charge is 0.170 e. The van der Waals surface area contributed by atoms with Crippen molar-refractivity contribution in [1.29, 1.82) is 0 Å². The molecule has 0 radical (unpaired) electrons. The fourth-order valence-corrected chi connectivity index (χ4v) is 1.53. The molecule has 0 unspecified atom stereocenters. The first-order valence-corrected chi connectivity index (χ1v) is 4.70. The van der Waals surface area contributed by atoms with E-state index in [1.54, 1.807) is 12.3 Å². The summed E-state index contributed by atoms with van der Waals surface area (Å²) < 4.78 is 1.98. The fourth-order valence-electron chi connectivity index (χ4n) is 1.53. The average molecular weight is 204 g/mol. The first-order chi connectivity index (χ1) is 7.26. The van der Waals surface area contributed by atoms with Crippen molar-refractivity contribution < 1.29 is 5.21 Å². The molecule has 0 amide bonds. The van der Waals surface area contributed by atoms with Crippen molar-refractivity contribution in [3.63, 3.8) is 0 Å². The Labute approximate surface area is 86.8 Å². The Morgan fingerprint density at radius 2 is 2.47 bits per heavy atom. The minimum atomic E-state index is 0.108. The first-order valence-electron chi connectivity index (χ1n) is 4.70. The summed E-state index contributed by atoms with van der Waals surface area (Å²) in [7, 11) is 0. The third kappa shape index (κ3) is 1.52. The zero-order chi connectivity index (χ0) is 10.8. The van der Waals surface area contributed by atoms with Crippen molar-refractivity contribution in [2.24, 2.45) is 10.9 Å². The molecule has 5 heteroatoms. The van der Waals surface area contributed by atoms with Gasteiger partial charge in [0.2, 0.25) is 0 Å². The van der Waals surface area contributed by atoms with Gasteiger partial charge in [0.25, 0.3) is 0 Å². The average Bonchev–Trinajstić information content (AvgIpc) is 2.69. The third-order valence-electron chi connectivity index (χ3n) is 2.33. The SMILES string of the molecule is CCc1ncc2cc(/C(N)=N\O)ccn12. The first kappa shape index (κ1) is 9.51. The van der Waals surface area contributed by atoms with Crippen LogP contribution in [0.5, 0.6) is 0 Å². The Hall–Kier alpha value is -2.04. The van der Waals surface area contributed by atoms with E-state index in [0.717, 1.165) is 17.8 Å². The van der Waals surface area contributed by atoms with Gasteiger partial charge < -0.3 is 15.3 Å². The van der Waals surface area contributed by atoms with E-state index in [9.17, 15) is 0 Å². The van der Waals surface area contributed by atoms with Crippen molar-refractivity contribution in [2.75, 3.05) is 0 Å². The Morgan fingerprint density at radius 1 is 1.67 bits per heavy atom. The number of hydrogen-bond acceptors (Lipinski definition) is 3. The maximum absolute atomic E-state index is 8.55. The lowest BCUT2D eigenvalue weighted by Gasteiger charge is -2.01. The van der Waals surface area contributed by atoms with Crippen LogP contribution in [0.15, 0.2) is 29.7 Å². The van der Waals surface area contributed by atoms with E-state index in [-0.39, 0.29) is 5.84 Å². The van der Waals surface area contributed by atoms with Crippen LogP contribution in [0, 0.1) is 0 Å². The van der Waals surface area contributed by atoms with Crippen LogP contribution in [0.2, 0.25) is 0 Å². The van der Waals surface area contributed by atoms with E-state index >= 15 is 0 Å². The lowest BCUT2D eigenvalue weighted by Crippen LogP contribution is -2.13. The highest BCUT2D eigenvalue weighted by Crippen LogP contribution is 2.10. The molecule has 0 atom stereocenters. The van der Waals surface area contributed by atoms with Crippen LogP contribution in [-0.4, -0.2) is 20.4 Å². The summed E-state index contributed by atoms with van der Waals surface area (Å²) in [6.07, 6.45) is 4.51. The summed E-state index contributed by atoms with van der Waals surface area (Å²) in [5, 5.41) is 11.5. The van der Waals surface area contributed by atoms with Crippen LogP contribution in [-0.2, 0) is 6.42 Å². The molecule has 3 N–H and O–H groups in total. The maximum atomic E-state index is 8.55. The molecule has 0 aliphatic rings. The molecule has 5 nitrogen and oxygen atoms in total. The molecule has 2 aromatic heterocycles. The van der Waals surface area contributed by atoms with Crippen molar-refractivity contribution in [3.05, 3.63) is 35.9 Å². The van der Waals surface area contributed by atoms with Gasteiger partial charge in [0.15, 0.2) is 5.84 Å². The van der Waals surface area contributed by atoms with Gasteiger partial charge in [0.05, 0.1) is 11.7 Å². The molecule has 2 heterocycles. The quantitative estimate of drug-likeness (QED) is 0.331. The Morgan fingerprint density at radius 3 is 3.13 bits per heavy atom.